The third-order valence-corrected chi connectivity index (χ3v) is 6.47. The zero-order valence-electron chi connectivity index (χ0n) is 16.2. The van der Waals surface area contributed by atoms with E-state index >= 15 is 0 Å². The molecule has 30 heavy (non-hydrogen) atoms. The average Bonchev–Trinajstić information content (AvgIpc) is 3.01. The lowest BCUT2D eigenvalue weighted by atomic mass is 10.2. The molecule has 10 heteroatoms. The number of carbonyl (C=O) groups excluding carboxylic acids is 3. The standard InChI is InChI=1S/C20H22N4O5S/c1-2-6-17-19(26)24(20(27)21-17)15-18(25)22-10-12-23(13-11-22)30(28,29)14-9-16-7-4-3-5-8-16/h1,3-5,7-9,14,17H,6,10-13,15H2,(H,21,27)/b14-9+. The van der Waals surface area contributed by atoms with Gasteiger partial charge in [-0.2, -0.15) is 4.31 Å². The van der Waals surface area contributed by atoms with Crippen LogP contribution in [-0.2, 0) is 19.6 Å². The first-order valence-electron chi connectivity index (χ1n) is 9.38. The number of sulfonamides is 1. The summed E-state index contributed by atoms with van der Waals surface area (Å²) in [5.74, 6) is 1.36. The van der Waals surface area contributed by atoms with E-state index in [-0.39, 0.29) is 32.6 Å². The van der Waals surface area contributed by atoms with Crippen molar-refractivity contribution in [2.75, 3.05) is 32.7 Å². The molecule has 158 valence electrons. The molecule has 2 aliphatic rings. The van der Waals surface area contributed by atoms with Crippen LogP contribution < -0.4 is 5.32 Å². The van der Waals surface area contributed by atoms with Crippen molar-refractivity contribution in [3.05, 3.63) is 41.3 Å². The Morgan fingerprint density at radius 2 is 1.83 bits per heavy atom. The molecule has 1 atom stereocenters. The molecule has 3 rings (SSSR count). The fourth-order valence-electron chi connectivity index (χ4n) is 3.22. The topological polar surface area (TPSA) is 107 Å². The number of carbonyl (C=O) groups is 3. The zero-order valence-corrected chi connectivity index (χ0v) is 17.0. The number of terminal acetylenes is 1. The van der Waals surface area contributed by atoms with Gasteiger partial charge in [0.1, 0.15) is 12.6 Å². The van der Waals surface area contributed by atoms with Crippen molar-refractivity contribution in [1.82, 2.24) is 19.4 Å². The molecule has 2 saturated heterocycles. The summed E-state index contributed by atoms with van der Waals surface area (Å²) < 4.78 is 26.3. The van der Waals surface area contributed by atoms with Crippen LogP contribution in [0, 0.1) is 12.3 Å². The molecular formula is C20H22N4O5S. The Hall–Kier alpha value is -3.16. The Labute approximate surface area is 175 Å². The Morgan fingerprint density at radius 3 is 2.47 bits per heavy atom. The first-order valence-corrected chi connectivity index (χ1v) is 10.9. The third kappa shape index (κ3) is 4.87. The Kier molecular flexibility index (Phi) is 6.54. The molecule has 0 spiro atoms. The van der Waals surface area contributed by atoms with Crippen LogP contribution in [0.1, 0.15) is 12.0 Å². The first-order chi connectivity index (χ1) is 14.3. The fraction of sp³-hybridized carbons (Fsp3) is 0.350. The highest BCUT2D eigenvalue weighted by molar-refractivity contribution is 7.92. The predicted octanol–water partition coefficient (Wildman–Crippen LogP) is 0.0750. The van der Waals surface area contributed by atoms with Crippen molar-refractivity contribution in [2.45, 2.75) is 12.5 Å². The predicted molar refractivity (Wildman–Crippen MR) is 110 cm³/mol. The molecule has 9 nitrogen and oxygen atoms in total. The number of nitrogens with zero attached hydrogens (tertiary/aromatic N) is 3. The quantitative estimate of drug-likeness (QED) is 0.508. The maximum Gasteiger partial charge on any atom is 0.325 e. The summed E-state index contributed by atoms with van der Waals surface area (Å²) >= 11 is 0. The van der Waals surface area contributed by atoms with Gasteiger partial charge in [-0.25, -0.2) is 13.2 Å². The molecule has 0 saturated carbocycles. The van der Waals surface area contributed by atoms with E-state index < -0.39 is 40.5 Å². The summed E-state index contributed by atoms with van der Waals surface area (Å²) in [6.07, 6.45) is 6.76. The van der Waals surface area contributed by atoms with E-state index in [0.717, 1.165) is 15.9 Å². The normalized spacial score (nSPS) is 20.4. The van der Waals surface area contributed by atoms with Gasteiger partial charge >= 0.3 is 6.03 Å². The number of benzene rings is 1. The summed E-state index contributed by atoms with van der Waals surface area (Å²) in [6, 6.07) is 7.61. The Morgan fingerprint density at radius 1 is 1.17 bits per heavy atom. The highest BCUT2D eigenvalue weighted by atomic mass is 32.2. The fourth-order valence-corrected chi connectivity index (χ4v) is 4.40. The molecule has 2 fully saturated rings. The molecule has 0 bridgehead atoms. The monoisotopic (exact) mass is 430 g/mol. The van der Waals surface area contributed by atoms with Gasteiger partial charge in [0.2, 0.25) is 15.9 Å². The van der Waals surface area contributed by atoms with Crippen molar-refractivity contribution in [1.29, 1.82) is 0 Å². The maximum atomic E-state index is 12.5. The van der Waals surface area contributed by atoms with Crippen molar-refractivity contribution in [3.63, 3.8) is 0 Å². The van der Waals surface area contributed by atoms with Crippen molar-refractivity contribution in [3.8, 4) is 12.3 Å². The average molecular weight is 430 g/mol. The molecule has 0 aromatic heterocycles. The van der Waals surface area contributed by atoms with Crippen molar-refractivity contribution >= 4 is 33.9 Å². The van der Waals surface area contributed by atoms with Crippen LogP contribution in [0.25, 0.3) is 6.08 Å². The van der Waals surface area contributed by atoms with Gasteiger partial charge in [0.05, 0.1) is 0 Å². The lowest BCUT2D eigenvalue weighted by molar-refractivity contribution is -0.138. The van der Waals surface area contributed by atoms with Gasteiger partial charge in [0.25, 0.3) is 5.91 Å². The molecule has 1 unspecified atom stereocenters. The lowest BCUT2D eigenvalue weighted by Crippen LogP contribution is -2.52. The van der Waals surface area contributed by atoms with Crippen molar-refractivity contribution in [2.24, 2.45) is 0 Å². The summed E-state index contributed by atoms with van der Waals surface area (Å²) in [5.41, 5.74) is 0.770. The van der Waals surface area contributed by atoms with Crippen LogP contribution in [0.4, 0.5) is 4.79 Å². The van der Waals surface area contributed by atoms with Crippen LogP contribution in [0.15, 0.2) is 35.7 Å². The minimum atomic E-state index is -3.62. The van der Waals surface area contributed by atoms with Gasteiger partial charge in [0.15, 0.2) is 0 Å². The Balaban J connectivity index is 1.54. The van der Waals surface area contributed by atoms with Crippen LogP contribution in [0.3, 0.4) is 0 Å². The second-order valence-electron chi connectivity index (χ2n) is 6.87. The van der Waals surface area contributed by atoms with Gasteiger partial charge in [-0.05, 0) is 11.6 Å². The zero-order chi connectivity index (χ0) is 21.7. The molecule has 4 amide bonds. The maximum absolute atomic E-state index is 12.5. The Bertz CT molecular complexity index is 992. The molecular weight excluding hydrogens is 408 g/mol. The highest BCUT2D eigenvalue weighted by Crippen LogP contribution is 2.14. The molecule has 1 N–H and O–H groups in total. The summed E-state index contributed by atoms with van der Waals surface area (Å²) in [7, 11) is -3.62. The smallest absolute Gasteiger partial charge is 0.325 e. The number of amides is 4. The largest absolute Gasteiger partial charge is 0.338 e. The van der Waals surface area contributed by atoms with Crippen molar-refractivity contribution < 1.29 is 22.8 Å². The molecule has 2 aliphatic heterocycles. The van der Waals surface area contributed by atoms with E-state index in [0.29, 0.717) is 0 Å². The van der Waals surface area contributed by atoms with E-state index in [9.17, 15) is 22.8 Å². The minimum Gasteiger partial charge on any atom is -0.338 e. The number of piperazine rings is 1. The van der Waals surface area contributed by atoms with Crippen LogP contribution in [0.2, 0.25) is 0 Å². The van der Waals surface area contributed by atoms with E-state index in [1.54, 1.807) is 12.1 Å². The van der Waals surface area contributed by atoms with Crippen LogP contribution >= 0.6 is 0 Å². The molecule has 0 radical (unpaired) electrons. The van der Waals surface area contributed by atoms with E-state index in [1.807, 2.05) is 18.2 Å². The van der Waals surface area contributed by atoms with Gasteiger partial charge in [-0.3, -0.25) is 14.5 Å². The molecule has 1 aromatic rings. The first kappa shape index (κ1) is 21.5. The van der Waals surface area contributed by atoms with Gasteiger partial charge < -0.3 is 10.2 Å². The second-order valence-corrected chi connectivity index (χ2v) is 8.69. The molecule has 1 aromatic carbocycles. The summed E-state index contributed by atoms with van der Waals surface area (Å²) in [6.45, 7) is 0.218. The van der Waals surface area contributed by atoms with E-state index in [1.165, 1.54) is 15.3 Å². The lowest BCUT2D eigenvalue weighted by Gasteiger charge is -2.33. The van der Waals surface area contributed by atoms with Crippen LogP contribution in [0.5, 0.6) is 0 Å². The summed E-state index contributed by atoms with van der Waals surface area (Å²) in [4.78, 5) is 38.9. The highest BCUT2D eigenvalue weighted by Gasteiger charge is 2.39. The number of hydrogen-bond acceptors (Lipinski definition) is 5. The number of imide groups is 1. The third-order valence-electron chi connectivity index (χ3n) is 4.91. The SMILES string of the molecule is C#CCC1NC(=O)N(CC(=O)N2CCN(S(=O)(=O)/C=C/c3ccccc3)CC2)C1=O. The van der Waals surface area contributed by atoms with E-state index in [2.05, 4.69) is 11.2 Å². The number of hydrogen-bond donors (Lipinski definition) is 1. The minimum absolute atomic E-state index is 0.0578. The number of urea groups is 1. The molecule has 0 aliphatic carbocycles. The summed E-state index contributed by atoms with van der Waals surface area (Å²) in [5, 5.41) is 3.60. The number of nitrogens with one attached hydrogen (secondary N) is 1. The second kappa shape index (κ2) is 9.11. The van der Waals surface area contributed by atoms with E-state index in [4.69, 9.17) is 6.42 Å². The van der Waals surface area contributed by atoms with Gasteiger partial charge in [-0.15, -0.1) is 12.3 Å². The number of rotatable bonds is 6. The molecule has 2 heterocycles. The van der Waals surface area contributed by atoms with Crippen LogP contribution in [-0.4, -0.2) is 79.1 Å². The van der Waals surface area contributed by atoms with Gasteiger partial charge in [0, 0.05) is 38.0 Å². The van der Waals surface area contributed by atoms with Gasteiger partial charge in [-0.1, -0.05) is 30.3 Å².